The maximum absolute atomic E-state index is 12.4. The number of amides is 1. The van der Waals surface area contributed by atoms with Crippen LogP contribution < -0.4 is 5.32 Å². The molecule has 2 aliphatic rings. The Kier molecular flexibility index (Phi) is 5.74. The molecule has 1 saturated carbocycles. The number of nitrogens with zero attached hydrogens (tertiary/aromatic N) is 4. The van der Waals surface area contributed by atoms with Gasteiger partial charge in [0, 0.05) is 19.1 Å². The maximum atomic E-state index is 12.4. The van der Waals surface area contributed by atoms with Crippen molar-refractivity contribution in [3.8, 4) is 0 Å². The molecule has 3 rings (SSSR count). The normalized spacial score (nSPS) is 25.2. The number of rotatable bonds is 5. The van der Waals surface area contributed by atoms with Crippen LogP contribution in [0.1, 0.15) is 70.5 Å². The highest BCUT2D eigenvalue weighted by Gasteiger charge is 2.30. The molecule has 0 radical (unpaired) electrons. The Balaban J connectivity index is 1.61. The van der Waals surface area contributed by atoms with E-state index < -0.39 is 5.60 Å². The third kappa shape index (κ3) is 4.58. The van der Waals surface area contributed by atoms with Gasteiger partial charge in [-0.25, -0.2) is 4.68 Å². The summed E-state index contributed by atoms with van der Waals surface area (Å²) in [5.74, 6) is 0.208. The lowest BCUT2D eigenvalue weighted by Crippen LogP contribution is -2.47. The summed E-state index contributed by atoms with van der Waals surface area (Å²) in [6.45, 7) is 5.62. The van der Waals surface area contributed by atoms with E-state index in [1.165, 1.54) is 12.8 Å². The summed E-state index contributed by atoms with van der Waals surface area (Å²) in [5.41, 5.74) is -0.402. The number of aliphatic hydroxyl groups is 1. The zero-order chi connectivity index (χ0) is 17.9. The molecule has 2 atom stereocenters. The van der Waals surface area contributed by atoms with E-state index in [0.717, 1.165) is 45.2 Å². The van der Waals surface area contributed by atoms with Crippen LogP contribution in [0.4, 0.5) is 0 Å². The Labute approximate surface area is 149 Å². The first-order valence-electron chi connectivity index (χ1n) is 9.61. The lowest BCUT2D eigenvalue weighted by molar-refractivity contribution is -0.131. The molecule has 1 saturated heterocycles. The van der Waals surface area contributed by atoms with E-state index in [0.29, 0.717) is 12.2 Å². The van der Waals surface area contributed by atoms with Gasteiger partial charge in [0.15, 0.2) is 0 Å². The maximum Gasteiger partial charge on any atom is 0.236 e. The van der Waals surface area contributed by atoms with Crippen LogP contribution in [0.5, 0.6) is 0 Å². The minimum absolute atomic E-state index is 0.187. The van der Waals surface area contributed by atoms with Crippen molar-refractivity contribution in [1.29, 1.82) is 0 Å². The highest BCUT2D eigenvalue weighted by molar-refractivity contribution is 5.78. The summed E-state index contributed by atoms with van der Waals surface area (Å²) in [4.78, 5) is 14.4. The Morgan fingerprint density at radius 3 is 2.64 bits per heavy atom. The van der Waals surface area contributed by atoms with E-state index in [1.807, 2.05) is 15.8 Å². The van der Waals surface area contributed by atoms with Crippen LogP contribution >= 0.6 is 0 Å². The first kappa shape index (κ1) is 18.3. The molecule has 0 aromatic carbocycles. The number of hydrogen-bond donors (Lipinski definition) is 2. The van der Waals surface area contributed by atoms with Gasteiger partial charge >= 0.3 is 0 Å². The van der Waals surface area contributed by atoms with Gasteiger partial charge in [0.25, 0.3) is 0 Å². The van der Waals surface area contributed by atoms with Gasteiger partial charge in [-0.1, -0.05) is 18.1 Å². The number of carbonyl (C=O) groups excluding carboxylic acids is 1. The van der Waals surface area contributed by atoms with Crippen molar-refractivity contribution in [1.82, 2.24) is 25.2 Å². The number of carbonyl (C=O) groups is 1. The fourth-order valence-electron chi connectivity index (χ4n) is 3.86. The minimum atomic E-state index is -0.986. The molecule has 1 aliphatic carbocycles. The van der Waals surface area contributed by atoms with Gasteiger partial charge in [0.2, 0.25) is 5.91 Å². The van der Waals surface area contributed by atoms with E-state index in [2.05, 4.69) is 15.6 Å². The second-order valence-electron chi connectivity index (χ2n) is 7.92. The Hall–Kier alpha value is -1.47. The summed E-state index contributed by atoms with van der Waals surface area (Å²) in [5, 5.41) is 21.9. The van der Waals surface area contributed by atoms with Gasteiger partial charge in [-0.2, -0.15) is 0 Å². The second kappa shape index (κ2) is 7.83. The Bertz CT molecular complexity index is 574. The standard InChI is InChI=1S/C18H31N5O2/c1-18(2,25)16-13-23(21-20-16)15-9-5-4-8-14(15)19-12-17(24)22-10-6-3-7-11-22/h13-15,19,25H,3-12H2,1-2H3/t14-,15+/m0/s1. The van der Waals surface area contributed by atoms with Crippen molar-refractivity contribution < 1.29 is 9.90 Å². The van der Waals surface area contributed by atoms with Crippen molar-refractivity contribution in [2.75, 3.05) is 19.6 Å². The van der Waals surface area contributed by atoms with Crippen molar-refractivity contribution in [3.05, 3.63) is 11.9 Å². The summed E-state index contributed by atoms with van der Waals surface area (Å²) in [6, 6.07) is 0.408. The van der Waals surface area contributed by atoms with Crippen LogP contribution in [0, 0.1) is 0 Å². The second-order valence-corrected chi connectivity index (χ2v) is 7.92. The molecule has 0 spiro atoms. The van der Waals surface area contributed by atoms with Crippen molar-refractivity contribution in [3.63, 3.8) is 0 Å². The first-order valence-corrected chi connectivity index (χ1v) is 9.61. The van der Waals surface area contributed by atoms with Gasteiger partial charge in [-0.15, -0.1) is 5.10 Å². The summed E-state index contributed by atoms with van der Waals surface area (Å²) in [6.07, 6.45) is 9.70. The molecule has 1 aromatic rings. The molecule has 2 fully saturated rings. The molecule has 2 heterocycles. The molecule has 1 aromatic heterocycles. The summed E-state index contributed by atoms with van der Waals surface area (Å²) in [7, 11) is 0. The number of hydrogen-bond acceptors (Lipinski definition) is 5. The van der Waals surface area contributed by atoms with E-state index in [9.17, 15) is 9.90 Å². The number of aromatic nitrogens is 3. The average Bonchev–Trinajstić information content (AvgIpc) is 3.11. The topological polar surface area (TPSA) is 83.3 Å². The lowest BCUT2D eigenvalue weighted by atomic mass is 9.90. The van der Waals surface area contributed by atoms with Crippen LogP contribution in [0.2, 0.25) is 0 Å². The zero-order valence-electron chi connectivity index (χ0n) is 15.4. The number of likely N-dealkylation sites (tertiary alicyclic amines) is 1. The van der Waals surface area contributed by atoms with Crippen molar-refractivity contribution in [2.45, 2.75) is 76.5 Å². The molecule has 0 bridgehead atoms. The SMILES string of the molecule is CC(C)(O)c1cn([C@@H]2CCCC[C@@H]2NCC(=O)N2CCCCC2)nn1. The molecule has 7 nitrogen and oxygen atoms in total. The summed E-state index contributed by atoms with van der Waals surface area (Å²) < 4.78 is 1.87. The van der Waals surface area contributed by atoms with Crippen molar-refractivity contribution >= 4 is 5.91 Å². The number of nitrogens with one attached hydrogen (secondary N) is 1. The van der Waals surface area contributed by atoms with E-state index in [-0.39, 0.29) is 18.0 Å². The fourth-order valence-corrected chi connectivity index (χ4v) is 3.86. The zero-order valence-corrected chi connectivity index (χ0v) is 15.4. The van der Waals surface area contributed by atoms with Gasteiger partial charge in [-0.05, 0) is 46.0 Å². The summed E-state index contributed by atoms with van der Waals surface area (Å²) >= 11 is 0. The smallest absolute Gasteiger partial charge is 0.236 e. The van der Waals surface area contributed by atoms with Gasteiger partial charge in [0.1, 0.15) is 11.3 Å². The Morgan fingerprint density at radius 1 is 1.24 bits per heavy atom. The van der Waals surface area contributed by atoms with E-state index in [1.54, 1.807) is 13.8 Å². The first-order chi connectivity index (χ1) is 11.9. The highest BCUT2D eigenvalue weighted by Crippen LogP contribution is 2.29. The molecule has 1 amide bonds. The highest BCUT2D eigenvalue weighted by atomic mass is 16.3. The largest absolute Gasteiger partial charge is 0.384 e. The predicted octanol–water partition coefficient (Wildman–Crippen LogP) is 1.59. The average molecular weight is 349 g/mol. The van der Waals surface area contributed by atoms with Gasteiger partial charge in [0.05, 0.1) is 18.8 Å². The monoisotopic (exact) mass is 349 g/mol. The van der Waals surface area contributed by atoms with Crippen LogP contribution in [-0.4, -0.2) is 56.6 Å². The van der Waals surface area contributed by atoms with E-state index in [4.69, 9.17) is 0 Å². The van der Waals surface area contributed by atoms with Crippen LogP contribution in [0.3, 0.4) is 0 Å². The third-order valence-corrected chi connectivity index (χ3v) is 5.43. The molecule has 7 heteroatoms. The van der Waals surface area contributed by atoms with Gasteiger partial charge in [-0.3, -0.25) is 4.79 Å². The molecule has 0 unspecified atom stereocenters. The van der Waals surface area contributed by atoms with Crippen molar-refractivity contribution in [2.24, 2.45) is 0 Å². The fraction of sp³-hybridized carbons (Fsp3) is 0.833. The minimum Gasteiger partial charge on any atom is -0.384 e. The predicted molar refractivity (Wildman–Crippen MR) is 95.0 cm³/mol. The quantitative estimate of drug-likeness (QED) is 0.843. The van der Waals surface area contributed by atoms with E-state index >= 15 is 0 Å². The molecule has 1 aliphatic heterocycles. The number of piperidine rings is 1. The Morgan fingerprint density at radius 2 is 1.96 bits per heavy atom. The lowest BCUT2D eigenvalue weighted by Gasteiger charge is -2.33. The third-order valence-electron chi connectivity index (χ3n) is 5.43. The molecular formula is C18H31N5O2. The molecular weight excluding hydrogens is 318 g/mol. The van der Waals surface area contributed by atoms with Crippen LogP contribution in [0.25, 0.3) is 0 Å². The van der Waals surface area contributed by atoms with Gasteiger partial charge < -0.3 is 15.3 Å². The molecule has 25 heavy (non-hydrogen) atoms. The molecule has 140 valence electrons. The van der Waals surface area contributed by atoms with Crippen LogP contribution in [-0.2, 0) is 10.4 Å². The molecule has 2 N–H and O–H groups in total. The van der Waals surface area contributed by atoms with Crippen LogP contribution in [0.15, 0.2) is 6.20 Å².